The minimum Gasteiger partial charge on any atom is -0.494 e. The lowest BCUT2D eigenvalue weighted by Crippen LogP contribution is -2.26. The molecule has 0 heterocycles. The Bertz CT molecular complexity index is 743. The van der Waals surface area contributed by atoms with Gasteiger partial charge in [-0.2, -0.15) is 0 Å². The van der Waals surface area contributed by atoms with E-state index in [2.05, 4.69) is 4.74 Å². The van der Waals surface area contributed by atoms with E-state index in [0.717, 1.165) is 0 Å². The van der Waals surface area contributed by atoms with Crippen LogP contribution in [0.4, 0.5) is 4.39 Å². The van der Waals surface area contributed by atoms with Crippen molar-refractivity contribution in [3.63, 3.8) is 0 Å². The van der Waals surface area contributed by atoms with Crippen LogP contribution in [0, 0.1) is 5.82 Å². The third-order valence-electron chi connectivity index (χ3n) is 3.54. The standard InChI is InChI=1S/C18H18FNO4/c1-20(11-12-4-9-16(23-2)15(19)10-12)17(21)13-5-7-14(8-6-13)18(22)24-3/h4-10H,11H2,1-3H3. The number of methoxy groups -OCH3 is 2. The van der Waals surface area contributed by atoms with Gasteiger partial charge in [0.2, 0.25) is 0 Å². The molecule has 0 aliphatic heterocycles. The van der Waals surface area contributed by atoms with E-state index in [1.54, 1.807) is 25.2 Å². The second-order valence-corrected chi connectivity index (χ2v) is 5.20. The van der Waals surface area contributed by atoms with Gasteiger partial charge in [-0.1, -0.05) is 6.07 Å². The smallest absolute Gasteiger partial charge is 0.337 e. The summed E-state index contributed by atoms with van der Waals surface area (Å²) >= 11 is 0. The summed E-state index contributed by atoms with van der Waals surface area (Å²) < 4.78 is 23.2. The summed E-state index contributed by atoms with van der Waals surface area (Å²) in [5, 5.41) is 0. The van der Waals surface area contributed by atoms with Crippen LogP contribution in [0.3, 0.4) is 0 Å². The van der Waals surface area contributed by atoms with Crippen LogP contribution in [0.15, 0.2) is 42.5 Å². The number of carbonyl (C=O) groups is 2. The van der Waals surface area contributed by atoms with Gasteiger partial charge >= 0.3 is 5.97 Å². The molecule has 1 amide bonds. The lowest BCUT2D eigenvalue weighted by molar-refractivity contribution is 0.0600. The number of carbonyl (C=O) groups excluding carboxylic acids is 2. The monoisotopic (exact) mass is 331 g/mol. The number of hydrogen-bond acceptors (Lipinski definition) is 4. The van der Waals surface area contributed by atoms with E-state index in [1.165, 1.54) is 43.4 Å². The van der Waals surface area contributed by atoms with Crippen LogP contribution in [0.1, 0.15) is 26.3 Å². The van der Waals surface area contributed by atoms with Gasteiger partial charge in [-0.05, 0) is 42.0 Å². The molecule has 2 rings (SSSR count). The fourth-order valence-electron chi connectivity index (χ4n) is 2.24. The summed E-state index contributed by atoms with van der Waals surface area (Å²) in [6.45, 7) is 0.249. The Labute approximate surface area is 139 Å². The van der Waals surface area contributed by atoms with Crippen molar-refractivity contribution in [3.05, 3.63) is 65.0 Å². The molecular weight excluding hydrogens is 313 g/mol. The number of amides is 1. The zero-order chi connectivity index (χ0) is 17.7. The maximum absolute atomic E-state index is 13.7. The van der Waals surface area contributed by atoms with E-state index in [1.807, 2.05) is 0 Å². The predicted octanol–water partition coefficient (Wildman–Crippen LogP) is 2.89. The lowest BCUT2D eigenvalue weighted by Gasteiger charge is -2.18. The van der Waals surface area contributed by atoms with Crippen LogP contribution >= 0.6 is 0 Å². The molecule has 0 unspecified atom stereocenters. The zero-order valence-corrected chi connectivity index (χ0v) is 13.7. The van der Waals surface area contributed by atoms with Crippen LogP contribution in [0.2, 0.25) is 0 Å². The second-order valence-electron chi connectivity index (χ2n) is 5.20. The first-order valence-corrected chi connectivity index (χ1v) is 7.22. The highest BCUT2D eigenvalue weighted by atomic mass is 19.1. The van der Waals surface area contributed by atoms with Gasteiger partial charge in [0, 0.05) is 19.2 Å². The molecule has 0 saturated carbocycles. The fourth-order valence-corrected chi connectivity index (χ4v) is 2.24. The molecule has 0 aliphatic carbocycles. The first kappa shape index (κ1) is 17.5. The predicted molar refractivity (Wildman–Crippen MR) is 86.5 cm³/mol. The number of halogens is 1. The fraction of sp³-hybridized carbons (Fsp3) is 0.222. The molecule has 0 radical (unpaired) electrons. The number of hydrogen-bond donors (Lipinski definition) is 0. The first-order valence-electron chi connectivity index (χ1n) is 7.22. The molecule has 0 bridgehead atoms. The van der Waals surface area contributed by atoms with Crippen molar-refractivity contribution >= 4 is 11.9 Å². The van der Waals surface area contributed by atoms with E-state index in [-0.39, 0.29) is 18.2 Å². The molecule has 0 aromatic heterocycles. The molecule has 0 N–H and O–H groups in total. The molecule has 5 nitrogen and oxygen atoms in total. The van der Waals surface area contributed by atoms with E-state index in [0.29, 0.717) is 16.7 Å². The molecule has 0 aliphatic rings. The summed E-state index contributed by atoms with van der Waals surface area (Å²) in [5.41, 5.74) is 1.45. The van der Waals surface area contributed by atoms with Crippen LogP contribution in [-0.4, -0.2) is 38.0 Å². The average Bonchev–Trinajstić information content (AvgIpc) is 2.60. The highest BCUT2D eigenvalue weighted by Gasteiger charge is 2.14. The summed E-state index contributed by atoms with van der Waals surface area (Å²) in [5.74, 6) is -1.01. The van der Waals surface area contributed by atoms with E-state index >= 15 is 0 Å². The minimum atomic E-state index is -0.474. The number of benzene rings is 2. The summed E-state index contributed by atoms with van der Waals surface area (Å²) in [6, 6.07) is 10.7. The SMILES string of the molecule is COC(=O)c1ccc(C(=O)N(C)Cc2ccc(OC)c(F)c2)cc1. The van der Waals surface area contributed by atoms with Gasteiger partial charge in [-0.25, -0.2) is 9.18 Å². The Morgan fingerprint density at radius 1 is 1.04 bits per heavy atom. The molecule has 24 heavy (non-hydrogen) atoms. The molecule has 0 fully saturated rings. The molecule has 0 saturated heterocycles. The van der Waals surface area contributed by atoms with Crippen LogP contribution in [-0.2, 0) is 11.3 Å². The normalized spacial score (nSPS) is 10.2. The molecule has 126 valence electrons. The third-order valence-corrected chi connectivity index (χ3v) is 3.54. The van der Waals surface area contributed by atoms with Gasteiger partial charge in [0.1, 0.15) is 0 Å². The largest absolute Gasteiger partial charge is 0.494 e. The van der Waals surface area contributed by atoms with Crippen molar-refractivity contribution in [1.82, 2.24) is 4.90 Å². The summed E-state index contributed by atoms with van der Waals surface area (Å²) in [6.07, 6.45) is 0. The van der Waals surface area contributed by atoms with E-state index < -0.39 is 11.8 Å². The Morgan fingerprint density at radius 2 is 1.67 bits per heavy atom. The number of rotatable bonds is 5. The maximum Gasteiger partial charge on any atom is 0.337 e. The van der Waals surface area contributed by atoms with Crippen LogP contribution in [0.5, 0.6) is 5.75 Å². The Morgan fingerprint density at radius 3 is 2.21 bits per heavy atom. The quantitative estimate of drug-likeness (QED) is 0.791. The molecular formula is C18H18FNO4. The van der Waals surface area contributed by atoms with Crippen LogP contribution < -0.4 is 4.74 Å². The van der Waals surface area contributed by atoms with E-state index in [9.17, 15) is 14.0 Å². The molecule has 2 aromatic rings. The van der Waals surface area contributed by atoms with Crippen molar-refractivity contribution in [3.8, 4) is 5.75 Å². The number of ether oxygens (including phenoxy) is 2. The van der Waals surface area contributed by atoms with Crippen molar-refractivity contribution in [2.45, 2.75) is 6.54 Å². The maximum atomic E-state index is 13.7. The summed E-state index contributed by atoms with van der Waals surface area (Å²) in [4.78, 5) is 25.3. The van der Waals surface area contributed by atoms with Gasteiger partial charge in [0.25, 0.3) is 5.91 Å². The number of esters is 1. The van der Waals surface area contributed by atoms with Crippen molar-refractivity contribution in [2.75, 3.05) is 21.3 Å². The lowest BCUT2D eigenvalue weighted by atomic mass is 10.1. The zero-order valence-electron chi connectivity index (χ0n) is 13.7. The van der Waals surface area contributed by atoms with Gasteiger partial charge < -0.3 is 14.4 Å². The molecule has 2 aromatic carbocycles. The van der Waals surface area contributed by atoms with Gasteiger partial charge in [-0.3, -0.25) is 4.79 Å². The minimum absolute atomic E-state index is 0.158. The highest BCUT2D eigenvalue weighted by molar-refractivity contribution is 5.96. The van der Waals surface area contributed by atoms with Gasteiger partial charge in [0.05, 0.1) is 19.8 Å². The molecule has 0 atom stereocenters. The van der Waals surface area contributed by atoms with Crippen LogP contribution in [0.25, 0.3) is 0 Å². The topological polar surface area (TPSA) is 55.8 Å². The molecule has 6 heteroatoms. The third kappa shape index (κ3) is 3.90. The number of nitrogens with zero attached hydrogens (tertiary/aromatic N) is 1. The van der Waals surface area contributed by atoms with Gasteiger partial charge in [-0.15, -0.1) is 0 Å². The van der Waals surface area contributed by atoms with Crippen molar-refractivity contribution < 1.29 is 23.5 Å². The Balaban J connectivity index is 2.09. The van der Waals surface area contributed by atoms with Gasteiger partial charge in [0.15, 0.2) is 11.6 Å². The van der Waals surface area contributed by atoms with E-state index in [4.69, 9.17) is 4.74 Å². The first-order chi connectivity index (χ1) is 11.5. The molecule has 0 spiro atoms. The average molecular weight is 331 g/mol. The van der Waals surface area contributed by atoms with Crippen molar-refractivity contribution in [2.24, 2.45) is 0 Å². The Kier molecular flexibility index (Phi) is 5.52. The second kappa shape index (κ2) is 7.59. The highest BCUT2D eigenvalue weighted by Crippen LogP contribution is 2.19. The summed E-state index contributed by atoms with van der Waals surface area (Å²) in [7, 11) is 4.31. The Hall–Kier alpha value is -2.89. The van der Waals surface area contributed by atoms with Crippen molar-refractivity contribution in [1.29, 1.82) is 0 Å².